The number of hydrogen-bond donors (Lipinski definition) is 2. The van der Waals surface area contributed by atoms with Crippen molar-refractivity contribution in [2.75, 3.05) is 57.2 Å². The molecule has 30 heavy (non-hydrogen) atoms. The van der Waals surface area contributed by atoms with Gasteiger partial charge in [-0.15, -0.1) is 0 Å². The Labute approximate surface area is 179 Å². The molecule has 1 heterocycles. The van der Waals surface area contributed by atoms with Crippen molar-refractivity contribution in [3.8, 4) is 11.5 Å². The van der Waals surface area contributed by atoms with E-state index in [0.717, 1.165) is 18.8 Å². The first kappa shape index (κ1) is 21.7. The van der Waals surface area contributed by atoms with E-state index in [1.165, 1.54) is 26.4 Å². The zero-order valence-corrected chi connectivity index (χ0v) is 17.6. The van der Waals surface area contributed by atoms with E-state index in [1.807, 2.05) is 29.2 Å². The number of aromatic carboxylic acids is 1. The first-order valence-electron chi connectivity index (χ1n) is 9.43. The highest BCUT2D eigenvalue weighted by Crippen LogP contribution is 2.33. The number of carboxylic acids is 1. The van der Waals surface area contributed by atoms with Crippen molar-refractivity contribution in [3.05, 3.63) is 47.0 Å². The summed E-state index contributed by atoms with van der Waals surface area (Å²) in [5.74, 6) is -0.826. The van der Waals surface area contributed by atoms with E-state index >= 15 is 0 Å². The summed E-state index contributed by atoms with van der Waals surface area (Å²) in [5, 5.41) is 12.9. The Morgan fingerprint density at radius 2 is 1.63 bits per heavy atom. The molecule has 0 aliphatic carbocycles. The molecule has 0 radical (unpaired) electrons. The molecule has 160 valence electrons. The lowest BCUT2D eigenvalue weighted by molar-refractivity contribution is -0.117. The number of piperazine rings is 1. The maximum atomic E-state index is 12.6. The van der Waals surface area contributed by atoms with Crippen molar-refractivity contribution >= 4 is 34.9 Å². The van der Waals surface area contributed by atoms with Crippen LogP contribution in [-0.4, -0.2) is 68.8 Å². The van der Waals surface area contributed by atoms with Gasteiger partial charge in [-0.2, -0.15) is 0 Å². The van der Waals surface area contributed by atoms with Crippen LogP contribution in [0.4, 0.5) is 11.4 Å². The first-order chi connectivity index (χ1) is 14.4. The molecule has 0 unspecified atom stereocenters. The Balaban J connectivity index is 1.61. The van der Waals surface area contributed by atoms with Crippen molar-refractivity contribution < 1.29 is 24.2 Å². The summed E-state index contributed by atoms with van der Waals surface area (Å²) in [5.41, 5.74) is 1.21. The fourth-order valence-electron chi connectivity index (χ4n) is 3.37. The highest BCUT2D eigenvalue weighted by atomic mass is 35.5. The lowest BCUT2D eigenvalue weighted by Gasteiger charge is -2.35. The molecule has 2 N–H and O–H groups in total. The number of carbonyl (C=O) groups is 2. The van der Waals surface area contributed by atoms with Crippen molar-refractivity contribution in [2.45, 2.75) is 0 Å². The Morgan fingerprint density at radius 3 is 2.20 bits per heavy atom. The Bertz CT molecular complexity index is 912. The lowest BCUT2D eigenvalue weighted by atomic mass is 10.1. The summed E-state index contributed by atoms with van der Waals surface area (Å²) < 4.78 is 10.4. The number of nitrogens with zero attached hydrogens (tertiary/aromatic N) is 2. The van der Waals surface area contributed by atoms with Gasteiger partial charge in [-0.1, -0.05) is 11.6 Å². The van der Waals surface area contributed by atoms with Crippen molar-refractivity contribution in [1.82, 2.24) is 4.90 Å². The zero-order chi connectivity index (χ0) is 21.7. The molecule has 8 nitrogen and oxygen atoms in total. The molecule has 0 spiro atoms. The maximum Gasteiger partial charge on any atom is 0.337 e. The molecule has 2 aromatic carbocycles. The number of carboxylic acid groups (broad SMARTS) is 1. The highest BCUT2D eigenvalue weighted by molar-refractivity contribution is 6.30. The summed E-state index contributed by atoms with van der Waals surface area (Å²) in [4.78, 5) is 28.4. The van der Waals surface area contributed by atoms with Crippen molar-refractivity contribution in [1.29, 1.82) is 0 Å². The third kappa shape index (κ3) is 5.14. The smallest absolute Gasteiger partial charge is 0.337 e. The van der Waals surface area contributed by atoms with Crippen LogP contribution < -0.4 is 19.7 Å². The van der Waals surface area contributed by atoms with Crippen LogP contribution in [0.15, 0.2) is 36.4 Å². The fourth-order valence-corrected chi connectivity index (χ4v) is 3.49. The average Bonchev–Trinajstić information content (AvgIpc) is 2.74. The van der Waals surface area contributed by atoms with Crippen LogP contribution in [0.5, 0.6) is 11.5 Å². The van der Waals surface area contributed by atoms with Gasteiger partial charge in [0.2, 0.25) is 5.91 Å². The molecule has 0 atom stereocenters. The SMILES string of the molecule is COc1cc(NC(=O)CN2CCN(c3ccc(Cl)cc3)CC2)c(C(=O)O)cc1OC. The fraction of sp³-hybridized carbons (Fsp3) is 0.333. The molecule has 1 amide bonds. The topological polar surface area (TPSA) is 91.3 Å². The molecule has 3 rings (SSSR count). The van der Waals surface area contributed by atoms with Gasteiger partial charge >= 0.3 is 5.97 Å². The van der Waals surface area contributed by atoms with E-state index < -0.39 is 5.97 Å². The summed E-state index contributed by atoms with van der Waals surface area (Å²) in [6, 6.07) is 10.5. The van der Waals surface area contributed by atoms with Crippen LogP contribution in [0.1, 0.15) is 10.4 Å². The van der Waals surface area contributed by atoms with Gasteiger partial charge in [0.1, 0.15) is 0 Å². The molecule has 0 saturated carbocycles. The van der Waals surface area contributed by atoms with Gasteiger partial charge in [0, 0.05) is 49.0 Å². The monoisotopic (exact) mass is 433 g/mol. The zero-order valence-electron chi connectivity index (χ0n) is 16.9. The number of hydrogen-bond acceptors (Lipinski definition) is 6. The minimum atomic E-state index is -1.16. The minimum Gasteiger partial charge on any atom is -0.493 e. The Kier molecular flexibility index (Phi) is 7.02. The van der Waals surface area contributed by atoms with Crippen LogP contribution in [0.2, 0.25) is 5.02 Å². The predicted molar refractivity (Wildman–Crippen MR) is 115 cm³/mol. The summed E-state index contributed by atoms with van der Waals surface area (Å²) in [6.45, 7) is 3.17. The van der Waals surface area contributed by atoms with Crippen LogP contribution in [-0.2, 0) is 4.79 Å². The van der Waals surface area contributed by atoms with Crippen LogP contribution in [0, 0.1) is 0 Å². The number of methoxy groups -OCH3 is 2. The molecule has 0 aromatic heterocycles. The Hall–Kier alpha value is -2.97. The van der Waals surface area contributed by atoms with Crippen LogP contribution >= 0.6 is 11.6 Å². The van der Waals surface area contributed by atoms with Gasteiger partial charge in [0.25, 0.3) is 0 Å². The second-order valence-electron chi connectivity index (χ2n) is 6.85. The van der Waals surface area contributed by atoms with Gasteiger partial charge in [0.15, 0.2) is 11.5 Å². The number of nitrogens with one attached hydrogen (secondary N) is 1. The van der Waals surface area contributed by atoms with E-state index in [4.69, 9.17) is 21.1 Å². The van der Waals surface area contributed by atoms with Crippen molar-refractivity contribution in [3.63, 3.8) is 0 Å². The van der Waals surface area contributed by atoms with E-state index in [0.29, 0.717) is 23.9 Å². The third-order valence-electron chi connectivity index (χ3n) is 4.96. The lowest BCUT2D eigenvalue weighted by Crippen LogP contribution is -2.48. The molecule has 9 heteroatoms. The number of amides is 1. The quantitative estimate of drug-likeness (QED) is 0.693. The van der Waals surface area contributed by atoms with Gasteiger partial charge in [-0.05, 0) is 24.3 Å². The molecule has 1 aliphatic rings. The minimum absolute atomic E-state index is 0.0615. The van der Waals surface area contributed by atoms with Crippen LogP contribution in [0.25, 0.3) is 0 Å². The standard InChI is InChI=1S/C21H24ClN3O5/c1-29-18-11-16(21(27)28)17(12-19(18)30-2)23-20(26)13-24-7-9-25(10-8-24)15-5-3-14(22)4-6-15/h3-6,11-12H,7-10,13H2,1-2H3,(H,23,26)(H,27,28). The second-order valence-corrected chi connectivity index (χ2v) is 7.28. The second kappa shape index (κ2) is 9.69. The molecule has 1 fully saturated rings. The third-order valence-corrected chi connectivity index (χ3v) is 5.21. The normalized spacial score (nSPS) is 14.3. The van der Waals surface area contributed by atoms with E-state index in [2.05, 4.69) is 10.2 Å². The predicted octanol–water partition coefficient (Wildman–Crippen LogP) is 2.82. The van der Waals surface area contributed by atoms with E-state index in [1.54, 1.807) is 0 Å². The van der Waals surface area contributed by atoms with Crippen molar-refractivity contribution in [2.24, 2.45) is 0 Å². The first-order valence-corrected chi connectivity index (χ1v) is 9.81. The van der Waals surface area contributed by atoms with Gasteiger partial charge in [-0.25, -0.2) is 4.79 Å². The largest absolute Gasteiger partial charge is 0.493 e. The molecule has 1 aliphatic heterocycles. The maximum absolute atomic E-state index is 12.6. The van der Waals surface area contributed by atoms with Gasteiger partial charge in [-0.3, -0.25) is 9.69 Å². The number of carbonyl (C=O) groups excluding carboxylic acids is 1. The van der Waals surface area contributed by atoms with E-state index in [-0.39, 0.29) is 29.5 Å². The molecular formula is C21H24ClN3O5. The molecular weight excluding hydrogens is 410 g/mol. The molecule has 2 aromatic rings. The number of rotatable bonds is 7. The average molecular weight is 434 g/mol. The number of ether oxygens (including phenoxy) is 2. The van der Waals surface area contributed by atoms with Gasteiger partial charge in [0.05, 0.1) is 32.0 Å². The Morgan fingerprint density at radius 1 is 1.03 bits per heavy atom. The van der Waals surface area contributed by atoms with Crippen LogP contribution in [0.3, 0.4) is 0 Å². The summed E-state index contributed by atoms with van der Waals surface area (Å²) >= 11 is 5.94. The van der Waals surface area contributed by atoms with Gasteiger partial charge < -0.3 is 24.8 Å². The number of halogens is 1. The summed E-state index contributed by atoms with van der Waals surface area (Å²) in [7, 11) is 2.87. The summed E-state index contributed by atoms with van der Waals surface area (Å²) in [6.07, 6.45) is 0. The number of anilines is 2. The molecule has 1 saturated heterocycles. The van der Waals surface area contributed by atoms with E-state index in [9.17, 15) is 14.7 Å². The number of benzene rings is 2. The highest BCUT2D eigenvalue weighted by Gasteiger charge is 2.22. The molecule has 0 bridgehead atoms.